The molecule has 0 saturated carbocycles. The van der Waals surface area contributed by atoms with E-state index in [1.54, 1.807) is 6.33 Å². The maximum Gasteiger partial charge on any atom is 0.134 e. The van der Waals surface area contributed by atoms with Crippen LogP contribution >= 0.6 is 0 Å². The minimum absolute atomic E-state index is 0.0224. The third-order valence-corrected chi connectivity index (χ3v) is 3.17. The first kappa shape index (κ1) is 13.1. The largest absolute Gasteiger partial charge is 0.364 e. The molecule has 0 aromatic carbocycles. The zero-order valence-electron chi connectivity index (χ0n) is 11.5. The lowest BCUT2D eigenvalue weighted by molar-refractivity contribution is 0.528. The molecule has 100 valence electrons. The van der Waals surface area contributed by atoms with Crippen LogP contribution in [0.5, 0.6) is 0 Å². The highest BCUT2D eigenvalue weighted by Crippen LogP contribution is 2.20. The van der Waals surface area contributed by atoms with E-state index in [4.69, 9.17) is 0 Å². The number of likely N-dealkylation sites (N-methyl/N-ethyl adjacent to an activating group) is 1. The van der Waals surface area contributed by atoms with Crippen LogP contribution in [0.15, 0.2) is 12.4 Å². The molecule has 0 atom stereocenters. The monoisotopic (exact) mass is 249 g/mol. The van der Waals surface area contributed by atoms with Crippen molar-refractivity contribution in [2.24, 2.45) is 0 Å². The molecule has 1 aliphatic heterocycles. The third kappa shape index (κ3) is 3.32. The van der Waals surface area contributed by atoms with E-state index in [1.807, 2.05) is 13.1 Å². The molecule has 5 heteroatoms. The van der Waals surface area contributed by atoms with Crippen LogP contribution in [0.2, 0.25) is 0 Å². The van der Waals surface area contributed by atoms with Crippen LogP contribution in [-0.4, -0.2) is 42.2 Å². The van der Waals surface area contributed by atoms with Gasteiger partial charge in [0.05, 0.1) is 0 Å². The quantitative estimate of drug-likeness (QED) is 0.828. The summed E-state index contributed by atoms with van der Waals surface area (Å²) in [5.41, 5.74) is -0.0224. The van der Waals surface area contributed by atoms with Crippen molar-refractivity contribution in [3.8, 4) is 0 Å². The van der Waals surface area contributed by atoms with Crippen molar-refractivity contribution in [1.82, 2.24) is 15.3 Å². The van der Waals surface area contributed by atoms with Crippen LogP contribution < -0.4 is 15.5 Å². The molecule has 2 rings (SSSR count). The fraction of sp³-hybridized carbons (Fsp3) is 0.692. The molecule has 1 aliphatic rings. The summed E-state index contributed by atoms with van der Waals surface area (Å²) in [4.78, 5) is 11.0. The summed E-state index contributed by atoms with van der Waals surface area (Å²) >= 11 is 0. The number of hydrogen-bond donors (Lipinski definition) is 2. The van der Waals surface area contributed by atoms with E-state index >= 15 is 0 Å². The van der Waals surface area contributed by atoms with Crippen molar-refractivity contribution < 1.29 is 0 Å². The summed E-state index contributed by atoms with van der Waals surface area (Å²) in [5.74, 6) is 1.93. The number of nitrogens with one attached hydrogen (secondary N) is 2. The molecule has 2 heterocycles. The van der Waals surface area contributed by atoms with Gasteiger partial charge in [-0.15, -0.1) is 0 Å². The van der Waals surface area contributed by atoms with Gasteiger partial charge < -0.3 is 15.5 Å². The van der Waals surface area contributed by atoms with E-state index in [0.29, 0.717) is 0 Å². The average molecular weight is 249 g/mol. The zero-order chi connectivity index (χ0) is 13.0. The summed E-state index contributed by atoms with van der Waals surface area (Å²) in [6, 6.07) is 2.04. The van der Waals surface area contributed by atoms with Gasteiger partial charge in [-0.05, 0) is 33.7 Å². The lowest BCUT2D eigenvalue weighted by Crippen LogP contribution is -2.41. The number of anilines is 2. The highest BCUT2D eigenvalue weighted by atomic mass is 15.2. The van der Waals surface area contributed by atoms with Crippen LogP contribution in [0.3, 0.4) is 0 Å². The van der Waals surface area contributed by atoms with Gasteiger partial charge in [0, 0.05) is 31.2 Å². The Morgan fingerprint density at radius 3 is 2.67 bits per heavy atom. The van der Waals surface area contributed by atoms with Gasteiger partial charge in [0.1, 0.15) is 18.0 Å². The highest BCUT2D eigenvalue weighted by molar-refractivity contribution is 5.50. The second-order valence-corrected chi connectivity index (χ2v) is 5.49. The minimum Gasteiger partial charge on any atom is -0.364 e. The van der Waals surface area contributed by atoms with Gasteiger partial charge in [-0.2, -0.15) is 0 Å². The first-order chi connectivity index (χ1) is 8.61. The summed E-state index contributed by atoms with van der Waals surface area (Å²) in [7, 11) is 1.96. The lowest BCUT2D eigenvalue weighted by atomic mass is 10.1. The van der Waals surface area contributed by atoms with Crippen LogP contribution in [0.1, 0.15) is 26.7 Å². The van der Waals surface area contributed by atoms with Crippen LogP contribution in [-0.2, 0) is 0 Å². The summed E-state index contributed by atoms with van der Waals surface area (Å²) < 4.78 is 0. The first-order valence-electron chi connectivity index (χ1n) is 6.60. The minimum atomic E-state index is -0.0224. The van der Waals surface area contributed by atoms with Crippen LogP contribution in [0.4, 0.5) is 11.6 Å². The Bertz CT molecular complexity index is 385. The normalized spacial score (nSPS) is 16.1. The maximum absolute atomic E-state index is 4.36. The predicted octanol–water partition coefficient (Wildman–Crippen LogP) is 1.49. The van der Waals surface area contributed by atoms with Gasteiger partial charge in [0.15, 0.2) is 0 Å². The molecule has 0 aliphatic carbocycles. The number of aromatic nitrogens is 2. The average Bonchev–Trinajstić information content (AvgIpc) is 2.81. The fourth-order valence-corrected chi connectivity index (χ4v) is 2.37. The first-order valence-corrected chi connectivity index (χ1v) is 6.60. The van der Waals surface area contributed by atoms with E-state index in [9.17, 15) is 0 Å². The molecule has 2 N–H and O–H groups in total. The predicted molar refractivity (Wildman–Crippen MR) is 75.1 cm³/mol. The van der Waals surface area contributed by atoms with Gasteiger partial charge in [0.25, 0.3) is 0 Å². The van der Waals surface area contributed by atoms with Gasteiger partial charge in [-0.3, -0.25) is 0 Å². The van der Waals surface area contributed by atoms with E-state index < -0.39 is 0 Å². The molecule has 1 aromatic rings. The third-order valence-electron chi connectivity index (χ3n) is 3.17. The van der Waals surface area contributed by atoms with Crippen LogP contribution in [0.25, 0.3) is 0 Å². The summed E-state index contributed by atoms with van der Waals surface area (Å²) in [6.07, 6.45) is 4.17. The molecule has 0 spiro atoms. The topological polar surface area (TPSA) is 53.1 Å². The van der Waals surface area contributed by atoms with Crippen molar-refractivity contribution in [1.29, 1.82) is 0 Å². The Morgan fingerprint density at radius 1 is 1.28 bits per heavy atom. The Balaban J connectivity index is 2.07. The van der Waals surface area contributed by atoms with Crippen molar-refractivity contribution in [3.05, 3.63) is 12.4 Å². The zero-order valence-corrected chi connectivity index (χ0v) is 11.5. The van der Waals surface area contributed by atoms with Gasteiger partial charge in [-0.25, -0.2) is 9.97 Å². The van der Waals surface area contributed by atoms with Gasteiger partial charge in [0.2, 0.25) is 0 Å². The van der Waals surface area contributed by atoms with E-state index in [-0.39, 0.29) is 5.54 Å². The molecule has 18 heavy (non-hydrogen) atoms. The number of nitrogens with zero attached hydrogens (tertiary/aromatic N) is 3. The molecule has 5 nitrogen and oxygen atoms in total. The Labute approximate surface area is 109 Å². The molecule has 0 unspecified atom stereocenters. The standard InChI is InChI=1S/C13H23N5/c1-13(2,9-14-3)17-11-8-12(16-10-15-11)18-6-4-5-7-18/h8,10,14H,4-7,9H2,1-3H3,(H,15,16,17). The van der Waals surface area contributed by atoms with Crippen molar-refractivity contribution >= 4 is 11.6 Å². The SMILES string of the molecule is CNCC(C)(C)Nc1cc(N2CCCC2)ncn1. The molecular formula is C13H23N5. The van der Waals surface area contributed by atoms with E-state index in [1.165, 1.54) is 12.8 Å². The van der Waals surface area contributed by atoms with Crippen LogP contribution in [0, 0.1) is 0 Å². The molecular weight excluding hydrogens is 226 g/mol. The second kappa shape index (κ2) is 5.52. The van der Waals surface area contributed by atoms with Crippen molar-refractivity contribution in [3.63, 3.8) is 0 Å². The fourth-order valence-electron chi connectivity index (χ4n) is 2.37. The molecule has 0 radical (unpaired) electrons. The Hall–Kier alpha value is -1.36. The van der Waals surface area contributed by atoms with Crippen molar-refractivity contribution in [2.45, 2.75) is 32.2 Å². The Morgan fingerprint density at radius 2 is 2.00 bits per heavy atom. The molecule has 1 saturated heterocycles. The van der Waals surface area contributed by atoms with E-state index in [2.05, 4.69) is 39.3 Å². The van der Waals surface area contributed by atoms with Gasteiger partial charge >= 0.3 is 0 Å². The molecule has 0 amide bonds. The maximum atomic E-state index is 4.36. The second-order valence-electron chi connectivity index (χ2n) is 5.49. The highest BCUT2D eigenvalue weighted by Gasteiger charge is 2.18. The smallest absolute Gasteiger partial charge is 0.134 e. The molecule has 1 fully saturated rings. The lowest BCUT2D eigenvalue weighted by Gasteiger charge is -2.27. The summed E-state index contributed by atoms with van der Waals surface area (Å²) in [5, 5.41) is 6.62. The summed E-state index contributed by atoms with van der Waals surface area (Å²) in [6.45, 7) is 7.41. The van der Waals surface area contributed by atoms with Crippen molar-refractivity contribution in [2.75, 3.05) is 36.9 Å². The molecule has 1 aromatic heterocycles. The Kier molecular flexibility index (Phi) is 4.01. The number of rotatable bonds is 5. The number of hydrogen-bond acceptors (Lipinski definition) is 5. The molecule has 0 bridgehead atoms. The van der Waals surface area contributed by atoms with E-state index in [0.717, 1.165) is 31.3 Å². The van der Waals surface area contributed by atoms with Gasteiger partial charge in [-0.1, -0.05) is 0 Å².